The highest BCUT2D eigenvalue weighted by Gasteiger charge is 2.11. The van der Waals surface area contributed by atoms with Gasteiger partial charge in [-0.2, -0.15) is 5.10 Å². The standard InChI is InChI=1S/C14H10ClN3O/c15-12-2-1-10(7-13(12)19)14-11(8-17-18-14)9-3-5-16-6-4-9/h1-8,19H,(H,17,18). The first-order chi connectivity index (χ1) is 9.25. The van der Waals surface area contributed by atoms with Crippen LogP contribution in [0.3, 0.4) is 0 Å². The van der Waals surface area contributed by atoms with Crippen LogP contribution in [0.1, 0.15) is 0 Å². The molecular weight excluding hydrogens is 262 g/mol. The lowest BCUT2D eigenvalue weighted by Gasteiger charge is -2.04. The van der Waals surface area contributed by atoms with Gasteiger partial charge in [-0.15, -0.1) is 0 Å². The van der Waals surface area contributed by atoms with E-state index in [4.69, 9.17) is 11.6 Å². The van der Waals surface area contributed by atoms with Gasteiger partial charge in [0.2, 0.25) is 0 Å². The van der Waals surface area contributed by atoms with Crippen LogP contribution in [0.2, 0.25) is 5.02 Å². The largest absolute Gasteiger partial charge is 0.506 e. The second-order valence-corrected chi connectivity index (χ2v) is 4.46. The minimum absolute atomic E-state index is 0.0443. The van der Waals surface area contributed by atoms with Crippen LogP contribution in [0.15, 0.2) is 48.9 Å². The van der Waals surface area contributed by atoms with Gasteiger partial charge < -0.3 is 5.11 Å². The first kappa shape index (κ1) is 11.7. The minimum atomic E-state index is 0.0443. The first-order valence-electron chi connectivity index (χ1n) is 5.69. The quantitative estimate of drug-likeness (QED) is 0.750. The van der Waals surface area contributed by atoms with E-state index in [1.54, 1.807) is 24.5 Å². The number of benzene rings is 1. The number of hydrogen-bond acceptors (Lipinski definition) is 3. The predicted molar refractivity (Wildman–Crippen MR) is 73.9 cm³/mol. The molecule has 0 spiro atoms. The van der Waals surface area contributed by atoms with Crippen molar-refractivity contribution in [1.29, 1.82) is 0 Å². The molecule has 94 valence electrons. The Labute approximate surface area is 114 Å². The van der Waals surface area contributed by atoms with Crippen LogP contribution >= 0.6 is 11.6 Å². The normalized spacial score (nSPS) is 10.6. The number of phenols is 1. The van der Waals surface area contributed by atoms with Gasteiger partial charge in [0.15, 0.2) is 0 Å². The summed E-state index contributed by atoms with van der Waals surface area (Å²) in [7, 11) is 0. The maximum atomic E-state index is 9.68. The zero-order valence-electron chi connectivity index (χ0n) is 9.84. The highest BCUT2D eigenvalue weighted by Crippen LogP contribution is 2.33. The first-order valence-corrected chi connectivity index (χ1v) is 6.06. The molecule has 0 atom stereocenters. The number of nitrogens with one attached hydrogen (secondary N) is 1. The van der Waals surface area contributed by atoms with E-state index >= 15 is 0 Å². The Morgan fingerprint density at radius 2 is 1.84 bits per heavy atom. The maximum absolute atomic E-state index is 9.68. The van der Waals surface area contributed by atoms with Crippen LogP contribution in [0.4, 0.5) is 0 Å². The number of hydrogen-bond donors (Lipinski definition) is 2. The molecule has 2 N–H and O–H groups in total. The summed E-state index contributed by atoms with van der Waals surface area (Å²) in [4.78, 5) is 4.00. The maximum Gasteiger partial charge on any atom is 0.134 e. The molecule has 0 saturated heterocycles. The van der Waals surface area contributed by atoms with Crippen LogP contribution in [-0.2, 0) is 0 Å². The Hall–Kier alpha value is -2.33. The van der Waals surface area contributed by atoms with Gasteiger partial charge in [-0.05, 0) is 29.8 Å². The second kappa shape index (κ2) is 4.74. The third-order valence-corrected chi connectivity index (χ3v) is 3.17. The van der Waals surface area contributed by atoms with Gasteiger partial charge in [-0.1, -0.05) is 17.7 Å². The van der Waals surface area contributed by atoms with Crippen molar-refractivity contribution in [3.63, 3.8) is 0 Å². The van der Waals surface area contributed by atoms with E-state index in [1.807, 2.05) is 24.4 Å². The number of aromatic hydroxyl groups is 1. The fourth-order valence-corrected chi connectivity index (χ4v) is 2.04. The highest BCUT2D eigenvalue weighted by atomic mass is 35.5. The fourth-order valence-electron chi connectivity index (χ4n) is 1.92. The second-order valence-electron chi connectivity index (χ2n) is 4.05. The number of pyridine rings is 1. The van der Waals surface area contributed by atoms with Crippen molar-refractivity contribution < 1.29 is 5.11 Å². The molecule has 0 aliphatic heterocycles. The Kier molecular flexibility index (Phi) is 2.93. The number of rotatable bonds is 2. The summed E-state index contributed by atoms with van der Waals surface area (Å²) in [6.07, 6.45) is 5.27. The van der Waals surface area contributed by atoms with Gasteiger partial charge in [0.05, 0.1) is 10.7 Å². The highest BCUT2D eigenvalue weighted by molar-refractivity contribution is 6.32. The molecule has 0 aliphatic carbocycles. The van der Waals surface area contributed by atoms with Crippen molar-refractivity contribution in [3.05, 3.63) is 53.9 Å². The number of aromatic nitrogens is 3. The summed E-state index contributed by atoms with van der Waals surface area (Å²) >= 11 is 5.81. The van der Waals surface area contributed by atoms with E-state index < -0.39 is 0 Å². The number of H-pyrrole nitrogens is 1. The molecule has 0 aliphatic rings. The zero-order chi connectivity index (χ0) is 13.2. The monoisotopic (exact) mass is 271 g/mol. The Morgan fingerprint density at radius 1 is 1.05 bits per heavy atom. The number of phenolic OH excluding ortho intramolecular Hbond substituents is 1. The van der Waals surface area contributed by atoms with Crippen LogP contribution in [-0.4, -0.2) is 20.3 Å². The smallest absolute Gasteiger partial charge is 0.134 e. The molecule has 4 nitrogen and oxygen atoms in total. The molecule has 19 heavy (non-hydrogen) atoms. The molecule has 3 rings (SSSR count). The lowest BCUT2D eigenvalue weighted by Crippen LogP contribution is -1.83. The SMILES string of the molecule is Oc1cc(-c2n[nH]cc2-c2ccncc2)ccc1Cl. The Balaban J connectivity index is 2.12. The van der Waals surface area contributed by atoms with Crippen molar-refractivity contribution in [2.24, 2.45) is 0 Å². The summed E-state index contributed by atoms with van der Waals surface area (Å²) in [6.45, 7) is 0. The molecule has 0 amide bonds. The van der Waals surface area contributed by atoms with Gasteiger partial charge in [-0.3, -0.25) is 10.1 Å². The molecular formula is C14H10ClN3O. The van der Waals surface area contributed by atoms with Crippen molar-refractivity contribution >= 4 is 11.6 Å². The molecule has 0 radical (unpaired) electrons. The van der Waals surface area contributed by atoms with Crippen molar-refractivity contribution in [2.75, 3.05) is 0 Å². The van der Waals surface area contributed by atoms with Crippen LogP contribution in [0, 0.1) is 0 Å². The van der Waals surface area contributed by atoms with Gasteiger partial charge in [0.1, 0.15) is 5.75 Å². The van der Waals surface area contributed by atoms with E-state index in [-0.39, 0.29) is 5.75 Å². The zero-order valence-corrected chi connectivity index (χ0v) is 10.6. The summed E-state index contributed by atoms with van der Waals surface area (Å²) in [5.41, 5.74) is 3.52. The average Bonchev–Trinajstić information content (AvgIpc) is 2.92. The lowest BCUT2D eigenvalue weighted by molar-refractivity contribution is 0.476. The van der Waals surface area contributed by atoms with E-state index in [1.165, 1.54) is 0 Å². The van der Waals surface area contributed by atoms with Gasteiger partial charge in [0.25, 0.3) is 0 Å². The summed E-state index contributed by atoms with van der Waals surface area (Å²) in [5, 5.41) is 17.1. The summed E-state index contributed by atoms with van der Waals surface area (Å²) in [5.74, 6) is 0.0443. The van der Waals surface area contributed by atoms with Crippen LogP contribution in [0.5, 0.6) is 5.75 Å². The summed E-state index contributed by atoms with van der Waals surface area (Å²) in [6, 6.07) is 8.89. The molecule has 2 heterocycles. The third kappa shape index (κ3) is 2.18. The molecule has 5 heteroatoms. The molecule has 2 aromatic heterocycles. The Bertz CT molecular complexity index is 710. The van der Waals surface area contributed by atoms with E-state index in [0.29, 0.717) is 5.02 Å². The van der Waals surface area contributed by atoms with Crippen LogP contribution < -0.4 is 0 Å². The number of nitrogens with zero attached hydrogens (tertiary/aromatic N) is 2. The van der Waals surface area contributed by atoms with Gasteiger partial charge in [-0.25, -0.2) is 0 Å². The van der Waals surface area contributed by atoms with Gasteiger partial charge >= 0.3 is 0 Å². The fraction of sp³-hybridized carbons (Fsp3) is 0. The molecule has 1 aromatic carbocycles. The van der Waals surface area contributed by atoms with Crippen molar-refractivity contribution in [3.8, 4) is 28.1 Å². The third-order valence-electron chi connectivity index (χ3n) is 2.85. The number of halogens is 1. The van der Waals surface area contributed by atoms with Crippen LogP contribution in [0.25, 0.3) is 22.4 Å². The Morgan fingerprint density at radius 3 is 2.58 bits per heavy atom. The van der Waals surface area contributed by atoms with Gasteiger partial charge in [0, 0.05) is 29.7 Å². The molecule has 0 unspecified atom stereocenters. The van der Waals surface area contributed by atoms with E-state index in [9.17, 15) is 5.11 Å². The summed E-state index contributed by atoms with van der Waals surface area (Å²) < 4.78 is 0. The molecule has 0 fully saturated rings. The average molecular weight is 272 g/mol. The molecule has 0 bridgehead atoms. The molecule has 3 aromatic rings. The van der Waals surface area contributed by atoms with E-state index in [0.717, 1.165) is 22.4 Å². The lowest BCUT2D eigenvalue weighted by atomic mass is 10.0. The predicted octanol–water partition coefficient (Wildman–Crippen LogP) is 3.50. The van der Waals surface area contributed by atoms with Crippen molar-refractivity contribution in [2.45, 2.75) is 0 Å². The topological polar surface area (TPSA) is 61.8 Å². The molecule has 0 saturated carbocycles. The van der Waals surface area contributed by atoms with Crippen molar-refractivity contribution in [1.82, 2.24) is 15.2 Å². The number of aromatic amines is 1. The minimum Gasteiger partial charge on any atom is -0.506 e. The van der Waals surface area contributed by atoms with E-state index in [2.05, 4.69) is 15.2 Å².